The Balaban J connectivity index is 2.89. The first-order valence-corrected chi connectivity index (χ1v) is 9.17. The summed E-state index contributed by atoms with van der Waals surface area (Å²) in [4.78, 5) is 0.504. The lowest BCUT2D eigenvalue weighted by Gasteiger charge is -2.28. The molecule has 3 nitrogen and oxygen atoms in total. The van der Waals surface area contributed by atoms with Crippen molar-refractivity contribution in [2.75, 3.05) is 0 Å². The SMILES string of the molecule is CC(C)(C)c1cc(CCCCCC(=S)NO)cc(C(C)(C)C)c1O. The van der Waals surface area contributed by atoms with E-state index in [1.54, 1.807) is 0 Å². The first kappa shape index (κ1) is 20.9. The number of hydrogen-bond donors (Lipinski definition) is 3. The highest BCUT2D eigenvalue weighted by Crippen LogP contribution is 2.40. The Morgan fingerprint density at radius 2 is 1.46 bits per heavy atom. The molecule has 0 saturated heterocycles. The third-order valence-corrected chi connectivity index (χ3v) is 4.58. The summed E-state index contributed by atoms with van der Waals surface area (Å²) in [7, 11) is 0. The average molecular weight is 352 g/mol. The van der Waals surface area contributed by atoms with Crippen LogP contribution in [0.4, 0.5) is 0 Å². The molecule has 136 valence electrons. The summed E-state index contributed by atoms with van der Waals surface area (Å²) in [5, 5.41) is 19.4. The second-order valence-corrected chi connectivity index (χ2v) is 9.13. The molecule has 0 aliphatic rings. The molecule has 24 heavy (non-hydrogen) atoms. The number of hydroxylamine groups is 1. The minimum absolute atomic E-state index is 0.0842. The van der Waals surface area contributed by atoms with Crippen LogP contribution in [0.15, 0.2) is 12.1 Å². The topological polar surface area (TPSA) is 52.5 Å². The Labute approximate surface area is 152 Å². The van der Waals surface area contributed by atoms with Gasteiger partial charge in [-0.2, -0.15) is 0 Å². The van der Waals surface area contributed by atoms with Gasteiger partial charge in [0.2, 0.25) is 0 Å². The van der Waals surface area contributed by atoms with E-state index in [0.717, 1.165) is 43.2 Å². The van der Waals surface area contributed by atoms with E-state index in [0.29, 0.717) is 10.7 Å². The fraction of sp³-hybridized carbons (Fsp3) is 0.650. The molecule has 0 spiro atoms. The molecule has 0 atom stereocenters. The van der Waals surface area contributed by atoms with Crippen LogP contribution in [0.5, 0.6) is 5.75 Å². The molecule has 0 bridgehead atoms. The monoisotopic (exact) mass is 351 g/mol. The number of thiocarbonyl (C=S) groups is 1. The molecule has 0 radical (unpaired) electrons. The van der Waals surface area contributed by atoms with Crippen LogP contribution >= 0.6 is 12.2 Å². The minimum atomic E-state index is -0.0842. The number of phenolic OH excluding ortho intramolecular Hbond substituents is 1. The van der Waals surface area contributed by atoms with E-state index in [2.05, 4.69) is 53.7 Å². The highest BCUT2D eigenvalue weighted by molar-refractivity contribution is 7.80. The van der Waals surface area contributed by atoms with E-state index in [1.165, 1.54) is 5.56 Å². The maximum Gasteiger partial charge on any atom is 0.123 e. The molecular formula is C20H33NO2S. The van der Waals surface area contributed by atoms with Gasteiger partial charge in [0.25, 0.3) is 0 Å². The molecule has 0 aliphatic carbocycles. The molecular weight excluding hydrogens is 318 g/mol. The molecule has 1 rings (SSSR count). The fourth-order valence-electron chi connectivity index (χ4n) is 2.83. The number of hydrogen-bond acceptors (Lipinski definition) is 3. The number of unbranched alkanes of at least 4 members (excludes halogenated alkanes) is 2. The van der Waals surface area contributed by atoms with Crippen molar-refractivity contribution in [3.05, 3.63) is 28.8 Å². The van der Waals surface area contributed by atoms with Gasteiger partial charge < -0.3 is 5.11 Å². The molecule has 1 aromatic rings. The Hall–Kier alpha value is -1.13. The Bertz CT molecular complexity index is 533. The smallest absolute Gasteiger partial charge is 0.123 e. The molecule has 4 heteroatoms. The van der Waals surface area contributed by atoms with E-state index in [-0.39, 0.29) is 10.8 Å². The van der Waals surface area contributed by atoms with Crippen LogP contribution in [0.2, 0.25) is 0 Å². The van der Waals surface area contributed by atoms with Gasteiger partial charge in [0.05, 0.1) is 0 Å². The number of phenols is 1. The summed E-state index contributed by atoms with van der Waals surface area (Å²) in [6.45, 7) is 12.8. The summed E-state index contributed by atoms with van der Waals surface area (Å²) < 4.78 is 0. The van der Waals surface area contributed by atoms with E-state index in [4.69, 9.17) is 17.4 Å². The maximum atomic E-state index is 10.7. The van der Waals surface area contributed by atoms with Gasteiger partial charge in [-0.05, 0) is 53.2 Å². The zero-order valence-corrected chi connectivity index (χ0v) is 16.8. The normalized spacial score (nSPS) is 12.3. The standard InChI is InChI=1S/C20H33NO2S/c1-19(2,3)15-12-14(10-8-7-9-11-17(24)21-23)13-16(18(15)22)20(4,5)6/h12-13,22-23H,7-11H2,1-6H3,(H,21,24). The van der Waals surface area contributed by atoms with Gasteiger partial charge in [-0.15, -0.1) is 0 Å². The lowest BCUT2D eigenvalue weighted by atomic mass is 9.78. The van der Waals surface area contributed by atoms with Crippen molar-refractivity contribution in [3.8, 4) is 5.75 Å². The summed E-state index contributed by atoms with van der Waals surface area (Å²) in [6.07, 6.45) is 4.83. The van der Waals surface area contributed by atoms with Crippen molar-refractivity contribution >= 4 is 17.2 Å². The first-order valence-electron chi connectivity index (χ1n) is 8.76. The van der Waals surface area contributed by atoms with E-state index < -0.39 is 0 Å². The number of aryl methyl sites for hydroxylation is 1. The molecule has 0 unspecified atom stereocenters. The molecule has 3 N–H and O–H groups in total. The molecule has 0 aliphatic heterocycles. The van der Waals surface area contributed by atoms with Gasteiger partial charge in [-0.25, -0.2) is 0 Å². The van der Waals surface area contributed by atoms with Gasteiger partial charge in [0.1, 0.15) is 10.7 Å². The van der Waals surface area contributed by atoms with Gasteiger partial charge in [-0.1, -0.05) is 72.3 Å². The summed E-state index contributed by atoms with van der Waals surface area (Å²) in [5.41, 5.74) is 5.19. The van der Waals surface area contributed by atoms with Crippen LogP contribution in [0, 0.1) is 0 Å². The maximum absolute atomic E-state index is 10.7. The predicted molar refractivity (Wildman–Crippen MR) is 105 cm³/mol. The van der Waals surface area contributed by atoms with Crippen LogP contribution in [-0.2, 0) is 17.3 Å². The number of rotatable bonds is 6. The zero-order chi connectivity index (χ0) is 18.5. The lowest BCUT2D eigenvalue weighted by molar-refractivity contribution is 0.234. The largest absolute Gasteiger partial charge is 0.507 e. The molecule has 1 aromatic carbocycles. The van der Waals surface area contributed by atoms with Crippen LogP contribution in [-0.4, -0.2) is 15.3 Å². The zero-order valence-electron chi connectivity index (χ0n) is 16.0. The third kappa shape index (κ3) is 6.06. The summed E-state index contributed by atoms with van der Waals surface area (Å²) >= 11 is 4.94. The molecule has 0 aromatic heterocycles. The van der Waals surface area contributed by atoms with E-state index in [1.807, 2.05) is 5.48 Å². The van der Waals surface area contributed by atoms with Crippen molar-refractivity contribution in [3.63, 3.8) is 0 Å². The Kier molecular flexibility index (Phi) is 7.24. The molecule has 0 heterocycles. The quantitative estimate of drug-likeness (QED) is 0.365. The van der Waals surface area contributed by atoms with Crippen LogP contribution in [0.3, 0.4) is 0 Å². The van der Waals surface area contributed by atoms with Crippen molar-refractivity contribution in [2.45, 2.75) is 84.5 Å². The molecule has 0 saturated carbocycles. The summed E-state index contributed by atoms with van der Waals surface area (Å²) in [6, 6.07) is 4.31. The second-order valence-electron chi connectivity index (χ2n) is 8.64. The number of benzene rings is 1. The highest BCUT2D eigenvalue weighted by Gasteiger charge is 2.26. The van der Waals surface area contributed by atoms with Crippen LogP contribution in [0.1, 0.15) is 83.9 Å². The predicted octanol–water partition coefficient (Wildman–Crippen LogP) is 5.40. The van der Waals surface area contributed by atoms with Gasteiger partial charge in [0, 0.05) is 0 Å². The number of nitrogens with one attached hydrogen (secondary N) is 1. The average Bonchev–Trinajstić information content (AvgIpc) is 2.45. The molecule has 0 fully saturated rings. The Morgan fingerprint density at radius 3 is 1.88 bits per heavy atom. The Morgan fingerprint density at radius 1 is 0.958 bits per heavy atom. The minimum Gasteiger partial charge on any atom is -0.507 e. The van der Waals surface area contributed by atoms with Gasteiger partial charge >= 0.3 is 0 Å². The van der Waals surface area contributed by atoms with Crippen LogP contribution in [0.25, 0.3) is 0 Å². The third-order valence-electron chi connectivity index (χ3n) is 4.28. The van der Waals surface area contributed by atoms with E-state index in [9.17, 15) is 5.11 Å². The van der Waals surface area contributed by atoms with Gasteiger partial charge in [-0.3, -0.25) is 10.7 Å². The van der Waals surface area contributed by atoms with Gasteiger partial charge in [0.15, 0.2) is 0 Å². The van der Waals surface area contributed by atoms with Crippen LogP contribution < -0.4 is 5.48 Å². The first-order chi connectivity index (χ1) is 11.0. The second kappa shape index (κ2) is 8.30. The number of aromatic hydroxyl groups is 1. The van der Waals surface area contributed by atoms with E-state index >= 15 is 0 Å². The van der Waals surface area contributed by atoms with Crippen molar-refractivity contribution < 1.29 is 10.3 Å². The van der Waals surface area contributed by atoms with Crippen molar-refractivity contribution in [1.29, 1.82) is 0 Å². The molecule has 0 amide bonds. The highest BCUT2D eigenvalue weighted by atomic mass is 32.1. The lowest BCUT2D eigenvalue weighted by Crippen LogP contribution is -2.18. The van der Waals surface area contributed by atoms with Crippen molar-refractivity contribution in [2.24, 2.45) is 0 Å². The van der Waals surface area contributed by atoms with Crippen molar-refractivity contribution in [1.82, 2.24) is 5.48 Å². The summed E-state index contributed by atoms with van der Waals surface area (Å²) in [5.74, 6) is 0.443. The fourth-order valence-corrected chi connectivity index (χ4v) is 2.97.